The highest BCUT2D eigenvalue weighted by atomic mass is 19.4. The molecule has 2 rings (SSSR count). The smallest absolute Gasteiger partial charge is 0.465 e. The topological polar surface area (TPSA) is 69.7 Å². The molecule has 8 heteroatoms. The zero-order chi connectivity index (χ0) is 21.3. The first-order valence-corrected chi connectivity index (χ1v) is 9.51. The second kappa shape index (κ2) is 7.87. The lowest BCUT2D eigenvalue weighted by Crippen LogP contribution is -2.58. The average molecular weight is 404 g/mol. The van der Waals surface area contributed by atoms with Gasteiger partial charge in [0, 0.05) is 6.42 Å². The van der Waals surface area contributed by atoms with Crippen LogP contribution in [-0.4, -0.2) is 37.1 Å². The summed E-state index contributed by atoms with van der Waals surface area (Å²) in [5.74, 6) is -3.50. The Hall–Kier alpha value is -1.86. The third-order valence-electron chi connectivity index (χ3n) is 6.58. The van der Waals surface area contributed by atoms with Gasteiger partial charge in [0.05, 0.1) is 13.2 Å². The van der Waals surface area contributed by atoms with Crippen LogP contribution in [0.15, 0.2) is 12.2 Å². The van der Waals surface area contributed by atoms with E-state index >= 15 is 0 Å². The van der Waals surface area contributed by atoms with Crippen molar-refractivity contribution in [2.45, 2.75) is 59.1 Å². The van der Waals surface area contributed by atoms with E-state index in [1.807, 2.05) is 6.92 Å². The number of halogens is 3. The number of allylic oxidation sites excluding steroid dienone is 1. The largest absolute Gasteiger partial charge is 0.490 e. The van der Waals surface area contributed by atoms with E-state index in [1.54, 1.807) is 13.8 Å². The predicted molar refractivity (Wildman–Crippen MR) is 94.1 cm³/mol. The first-order valence-electron chi connectivity index (χ1n) is 9.51. The Morgan fingerprint density at radius 2 is 1.86 bits per heavy atom. The molecule has 0 aliphatic heterocycles. The Balaban J connectivity index is 2.24. The normalized spacial score (nSPS) is 33.2. The van der Waals surface area contributed by atoms with Gasteiger partial charge in [0.2, 0.25) is 0 Å². The summed E-state index contributed by atoms with van der Waals surface area (Å²) >= 11 is 0. The molecule has 0 aromatic carbocycles. The standard InChI is InChI=1S/C20H27F3O5/c1-5-27-16(25)19(4)14-7-6-12(2)13(18(14,3)10-8-15(19)24)9-11-28-17(26)20(21,22)23/h13-14H,2,5-11H2,1,3-4H3/t13-,14+,18+,19+/m0/s1. The number of hydrogen-bond acceptors (Lipinski definition) is 5. The van der Waals surface area contributed by atoms with E-state index in [4.69, 9.17) is 4.74 Å². The molecule has 2 aliphatic rings. The monoisotopic (exact) mass is 404 g/mol. The van der Waals surface area contributed by atoms with Crippen LogP contribution in [-0.2, 0) is 23.9 Å². The average Bonchev–Trinajstić information content (AvgIpc) is 2.60. The molecule has 4 atom stereocenters. The fourth-order valence-corrected chi connectivity index (χ4v) is 5.10. The van der Waals surface area contributed by atoms with Crippen molar-refractivity contribution < 1.29 is 37.0 Å². The molecule has 28 heavy (non-hydrogen) atoms. The van der Waals surface area contributed by atoms with Gasteiger partial charge in [-0.05, 0) is 56.8 Å². The Morgan fingerprint density at radius 3 is 2.43 bits per heavy atom. The van der Waals surface area contributed by atoms with Gasteiger partial charge in [0.1, 0.15) is 11.2 Å². The fraction of sp³-hybridized carbons (Fsp3) is 0.750. The minimum Gasteiger partial charge on any atom is -0.465 e. The molecule has 0 bridgehead atoms. The molecular weight excluding hydrogens is 377 g/mol. The van der Waals surface area contributed by atoms with Gasteiger partial charge in [0.25, 0.3) is 0 Å². The highest BCUT2D eigenvalue weighted by Crippen LogP contribution is 2.61. The van der Waals surface area contributed by atoms with Crippen LogP contribution in [0.25, 0.3) is 0 Å². The zero-order valence-corrected chi connectivity index (χ0v) is 16.5. The minimum absolute atomic E-state index is 0.161. The maximum atomic E-state index is 12.7. The van der Waals surface area contributed by atoms with E-state index in [1.165, 1.54) is 0 Å². The van der Waals surface area contributed by atoms with Gasteiger partial charge < -0.3 is 9.47 Å². The number of fused-ring (bicyclic) bond motifs is 1. The molecule has 0 aromatic heterocycles. The number of carbonyl (C=O) groups excluding carboxylic acids is 3. The molecule has 5 nitrogen and oxygen atoms in total. The maximum absolute atomic E-state index is 12.7. The van der Waals surface area contributed by atoms with E-state index in [2.05, 4.69) is 11.3 Å². The lowest BCUT2D eigenvalue weighted by molar-refractivity contribution is -0.200. The van der Waals surface area contributed by atoms with E-state index in [9.17, 15) is 27.6 Å². The molecular formula is C20H27F3O5. The highest BCUT2D eigenvalue weighted by Gasteiger charge is 2.61. The summed E-state index contributed by atoms with van der Waals surface area (Å²) in [7, 11) is 0. The van der Waals surface area contributed by atoms with Crippen LogP contribution in [0, 0.1) is 22.7 Å². The van der Waals surface area contributed by atoms with Crippen LogP contribution < -0.4 is 0 Å². The van der Waals surface area contributed by atoms with E-state index < -0.39 is 35.6 Å². The number of Topliss-reactive ketones (excluding diaryl/α,β-unsaturated/α-hetero) is 1. The van der Waals surface area contributed by atoms with Crippen molar-refractivity contribution in [2.24, 2.45) is 22.7 Å². The summed E-state index contributed by atoms with van der Waals surface area (Å²) in [6.07, 6.45) is -3.04. The third kappa shape index (κ3) is 3.82. The number of ketones is 1. The van der Waals surface area contributed by atoms with Gasteiger partial charge in [-0.3, -0.25) is 9.59 Å². The van der Waals surface area contributed by atoms with Crippen molar-refractivity contribution >= 4 is 17.7 Å². The van der Waals surface area contributed by atoms with Crippen LogP contribution in [0.5, 0.6) is 0 Å². The Labute approximate surface area is 162 Å². The Morgan fingerprint density at radius 1 is 1.21 bits per heavy atom. The van der Waals surface area contributed by atoms with Gasteiger partial charge in [0.15, 0.2) is 0 Å². The molecule has 2 saturated carbocycles. The molecule has 2 aliphatic carbocycles. The summed E-state index contributed by atoms with van der Waals surface area (Å²) in [4.78, 5) is 36.4. The molecule has 0 amide bonds. The van der Waals surface area contributed by atoms with E-state index in [0.717, 1.165) is 5.57 Å². The molecule has 0 unspecified atom stereocenters. The second-order valence-electron chi connectivity index (χ2n) is 8.08. The molecule has 0 radical (unpaired) electrons. The van der Waals surface area contributed by atoms with E-state index in [-0.39, 0.29) is 37.1 Å². The van der Waals surface area contributed by atoms with Crippen molar-refractivity contribution in [1.29, 1.82) is 0 Å². The van der Waals surface area contributed by atoms with Gasteiger partial charge >= 0.3 is 18.1 Å². The Kier molecular flexibility index (Phi) is 6.31. The maximum Gasteiger partial charge on any atom is 0.490 e. The van der Waals surface area contributed by atoms with Crippen molar-refractivity contribution in [3.8, 4) is 0 Å². The minimum atomic E-state index is -5.03. The number of esters is 2. The van der Waals surface area contributed by atoms with Crippen LogP contribution in [0.4, 0.5) is 13.2 Å². The lowest BCUT2D eigenvalue weighted by atomic mass is 9.46. The number of ether oxygens (including phenoxy) is 2. The molecule has 0 N–H and O–H groups in total. The third-order valence-corrected chi connectivity index (χ3v) is 6.58. The quantitative estimate of drug-likeness (QED) is 0.394. The second-order valence-corrected chi connectivity index (χ2v) is 8.08. The summed E-state index contributed by atoms with van der Waals surface area (Å²) in [5, 5.41) is 0. The summed E-state index contributed by atoms with van der Waals surface area (Å²) in [6.45, 7) is 9.07. The van der Waals surface area contributed by atoms with Crippen LogP contribution >= 0.6 is 0 Å². The van der Waals surface area contributed by atoms with Gasteiger partial charge in [-0.15, -0.1) is 0 Å². The van der Waals surface area contributed by atoms with Gasteiger partial charge in [-0.25, -0.2) is 4.79 Å². The van der Waals surface area contributed by atoms with Crippen molar-refractivity contribution in [3.05, 3.63) is 12.2 Å². The first kappa shape index (κ1) is 22.4. The van der Waals surface area contributed by atoms with Crippen LogP contribution in [0.1, 0.15) is 52.9 Å². The molecule has 158 valence electrons. The van der Waals surface area contributed by atoms with Crippen LogP contribution in [0.2, 0.25) is 0 Å². The zero-order valence-electron chi connectivity index (χ0n) is 16.5. The number of hydrogen-bond donors (Lipinski definition) is 0. The van der Waals surface area contributed by atoms with Crippen molar-refractivity contribution in [2.75, 3.05) is 13.2 Å². The number of rotatable bonds is 5. The van der Waals surface area contributed by atoms with Crippen molar-refractivity contribution in [1.82, 2.24) is 0 Å². The van der Waals surface area contributed by atoms with Crippen molar-refractivity contribution in [3.63, 3.8) is 0 Å². The summed E-state index contributed by atoms with van der Waals surface area (Å²) < 4.78 is 46.6. The SMILES string of the molecule is C=C1CC[C@H]2[C@@](C)(C(=O)OCC)C(=O)CC[C@]2(C)[C@H]1CCOC(=O)C(F)(F)F. The van der Waals surface area contributed by atoms with Crippen LogP contribution in [0.3, 0.4) is 0 Å². The number of carbonyl (C=O) groups is 3. The first-order chi connectivity index (χ1) is 12.9. The van der Waals surface area contributed by atoms with E-state index in [0.29, 0.717) is 19.3 Å². The highest BCUT2D eigenvalue weighted by molar-refractivity contribution is 6.04. The fourth-order valence-electron chi connectivity index (χ4n) is 5.10. The molecule has 0 spiro atoms. The number of alkyl halides is 3. The molecule has 0 saturated heterocycles. The Bertz CT molecular complexity index is 671. The molecule has 0 aromatic rings. The summed E-state index contributed by atoms with van der Waals surface area (Å²) in [5.41, 5.74) is -0.956. The molecule has 2 fully saturated rings. The van der Waals surface area contributed by atoms with Gasteiger partial charge in [-0.1, -0.05) is 19.1 Å². The van der Waals surface area contributed by atoms with Gasteiger partial charge in [-0.2, -0.15) is 13.2 Å². The lowest BCUT2D eigenvalue weighted by Gasteiger charge is -2.56. The molecule has 0 heterocycles. The summed E-state index contributed by atoms with van der Waals surface area (Å²) in [6, 6.07) is 0. The predicted octanol–water partition coefficient (Wildman–Crippen LogP) is 4.00.